The third kappa shape index (κ3) is 2.83. The van der Waals surface area contributed by atoms with E-state index in [2.05, 4.69) is 55.0 Å². The summed E-state index contributed by atoms with van der Waals surface area (Å²) in [6.45, 7) is 4.49. The van der Waals surface area contributed by atoms with Gasteiger partial charge < -0.3 is 5.32 Å². The number of nitrogens with zero attached hydrogens (tertiary/aromatic N) is 1. The SMILES string of the molecule is CNc1ccccc1P(C)(C)=Nc1ccccc1. The van der Waals surface area contributed by atoms with Crippen LogP contribution >= 0.6 is 7.05 Å². The monoisotopic (exact) mass is 258 g/mol. The number of nitrogens with one attached hydrogen (secondary N) is 1. The highest BCUT2D eigenvalue weighted by Crippen LogP contribution is 2.45. The summed E-state index contributed by atoms with van der Waals surface area (Å²) in [6, 6.07) is 18.6. The summed E-state index contributed by atoms with van der Waals surface area (Å²) in [5.74, 6) is 0. The van der Waals surface area contributed by atoms with E-state index in [9.17, 15) is 0 Å². The van der Waals surface area contributed by atoms with Gasteiger partial charge >= 0.3 is 0 Å². The second kappa shape index (κ2) is 5.41. The van der Waals surface area contributed by atoms with Crippen molar-refractivity contribution in [1.82, 2.24) is 0 Å². The van der Waals surface area contributed by atoms with Crippen molar-refractivity contribution in [2.45, 2.75) is 0 Å². The van der Waals surface area contributed by atoms with E-state index in [1.165, 1.54) is 11.0 Å². The van der Waals surface area contributed by atoms with Gasteiger partial charge in [-0.1, -0.05) is 36.4 Å². The van der Waals surface area contributed by atoms with Gasteiger partial charge in [0.1, 0.15) is 0 Å². The molecule has 0 unspecified atom stereocenters. The van der Waals surface area contributed by atoms with E-state index in [1.54, 1.807) is 0 Å². The molecule has 0 heterocycles. The molecule has 0 aliphatic rings. The van der Waals surface area contributed by atoms with Crippen LogP contribution in [0.1, 0.15) is 0 Å². The zero-order chi connectivity index (χ0) is 13.0. The molecule has 94 valence electrons. The minimum Gasteiger partial charge on any atom is -0.388 e. The fourth-order valence-electron chi connectivity index (χ4n) is 2.00. The summed E-state index contributed by atoms with van der Waals surface area (Å²) in [4.78, 5) is 0. The molecule has 0 aliphatic carbocycles. The molecule has 0 bridgehead atoms. The van der Waals surface area contributed by atoms with Crippen LogP contribution in [0.15, 0.2) is 59.3 Å². The minimum absolute atomic E-state index is 1.06. The van der Waals surface area contributed by atoms with Gasteiger partial charge in [0.25, 0.3) is 0 Å². The highest BCUT2D eigenvalue weighted by atomic mass is 31.2. The number of benzene rings is 2. The van der Waals surface area contributed by atoms with Crippen molar-refractivity contribution in [2.75, 3.05) is 25.7 Å². The summed E-state index contributed by atoms with van der Waals surface area (Å²) in [5, 5.41) is 4.57. The standard InChI is InChI=1S/C15H19N2P/c1-16-14-11-7-8-12-15(14)18(2,3)17-13-9-5-4-6-10-13/h4-12,16H,1-3H3. The molecule has 0 amide bonds. The zero-order valence-electron chi connectivity index (χ0n) is 11.1. The van der Waals surface area contributed by atoms with E-state index in [0.717, 1.165) is 5.69 Å². The Hall–Kier alpha value is -1.53. The minimum atomic E-state index is -1.51. The molecule has 0 radical (unpaired) electrons. The van der Waals surface area contributed by atoms with Crippen LogP contribution in [0.3, 0.4) is 0 Å². The molecule has 2 nitrogen and oxygen atoms in total. The molecule has 0 aliphatic heterocycles. The van der Waals surface area contributed by atoms with Crippen LogP contribution < -0.4 is 10.6 Å². The largest absolute Gasteiger partial charge is 0.388 e. The van der Waals surface area contributed by atoms with Gasteiger partial charge in [-0.3, -0.25) is 4.74 Å². The number of rotatable bonds is 3. The van der Waals surface area contributed by atoms with Crippen molar-refractivity contribution in [3.8, 4) is 0 Å². The van der Waals surface area contributed by atoms with E-state index in [-0.39, 0.29) is 0 Å². The average Bonchev–Trinajstić information content (AvgIpc) is 2.39. The van der Waals surface area contributed by atoms with Crippen LogP contribution in [0.2, 0.25) is 0 Å². The van der Waals surface area contributed by atoms with Gasteiger partial charge in [0.05, 0.1) is 5.69 Å². The third-order valence-electron chi connectivity index (χ3n) is 2.88. The van der Waals surface area contributed by atoms with E-state index < -0.39 is 7.05 Å². The molecule has 0 fully saturated rings. The van der Waals surface area contributed by atoms with Gasteiger partial charge in [-0.15, -0.1) is 0 Å². The van der Waals surface area contributed by atoms with Crippen molar-refractivity contribution >= 4 is 23.7 Å². The van der Waals surface area contributed by atoms with E-state index in [1.807, 2.05) is 25.2 Å². The molecule has 2 rings (SSSR count). The molecule has 2 aromatic carbocycles. The first kappa shape index (κ1) is 12.9. The molecule has 2 aromatic rings. The van der Waals surface area contributed by atoms with Crippen molar-refractivity contribution < 1.29 is 0 Å². The zero-order valence-corrected chi connectivity index (χ0v) is 12.0. The first-order valence-corrected chi connectivity index (χ1v) is 8.67. The van der Waals surface area contributed by atoms with Crippen LogP contribution in [0.5, 0.6) is 0 Å². The van der Waals surface area contributed by atoms with Gasteiger partial charge in [-0.25, -0.2) is 0 Å². The maximum atomic E-state index is 4.94. The smallest absolute Gasteiger partial charge is 0.0617 e. The van der Waals surface area contributed by atoms with Gasteiger partial charge in [0.2, 0.25) is 0 Å². The first-order chi connectivity index (χ1) is 8.63. The number of anilines is 1. The Labute approximate surface area is 109 Å². The Balaban J connectivity index is 2.51. The van der Waals surface area contributed by atoms with E-state index in [4.69, 9.17) is 4.74 Å². The summed E-state index contributed by atoms with van der Waals surface area (Å²) >= 11 is 0. The lowest BCUT2D eigenvalue weighted by Crippen LogP contribution is -2.09. The predicted octanol–water partition coefficient (Wildman–Crippen LogP) is 4.15. The average molecular weight is 258 g/mol. The van der Waals surface area contributed by atoms with Crippen molar-refractivity contribution in [3.63, 3.8) is 0 Å². The Morgan fingerprint density at radius 2 is 1.50 bits per heavy atom. The van der Waals surface area contributed by atoms with Gasteiger partial charge in [0.15, 0.2) is 0 Å². The Bertz CT molecular complexity index is 570. The van der Waals surface area contributed by atoms with E-state index >= 15 is 0 Å². The lowest BCUT2D eigenvalue weighted by Gasteiger charge is -2.18. The second-order valence-electron chi connectivity index (χ2n) is 4.60. The maximum absolute atomic E-state index is 4.94. The highest BCUT2D eigenvalue weighted by molar-refractivity contribution is 7.72. The molecule has 0 saturated heterocycles. The summed E-state index contributed by atoms with van der Waals surface area (Å²) in [5.41, 5.74) is 2.23. The number of hydrogen-bond acceptors (Lipinski definition) is 2. The van der Waals surface area contributed by atoms with Crippen LogP contribution in [-0.2, 0) is 0 Å². The van der Waals surface area contributed by atoms with Crippen molar-refractivity contribution in [2.24, 2.45) is 4.74 Å². The molecular formula is C15H19N2P. The van der Waals surface area contributed by atoms with Crippen LogP contribution in [0, 0.1) is 0 Å². The molecule has 0 saturated carbocycles. The fourth-order valence-corrected chi connectivity index (χ4v) is 4.04. The van der Waals surface area contributed by atoms with E-state index in [0.29, 0.717) is 0 Å². The summed E-state index contributed by atoms with van der Waals surface area (Å²) in [6.07, 6.45) is 0. The first-order valence-electron chi connectivity index (χ1n) is 6.03. The lowest BCUT2D eigenvalue weighted by molar-refractivity contribution is 1.52. The predicted molar refractivity (Wildman–Crippen MR) is 82.9 cm³/mol. The van der Waals surface area contributed by atoms with Crippen LogP contribution in [0.25, 0.3) is 0 Å². The third-order valence-corrected chi connectivity index (χ3v) is 5.18. The fraction of sp³-hybridized carbons (Fsp3) is 0.200. The number of hydrogen-bond donors (Lipinski definition) is 1. The van der Waals surface area contributed by atoms with Crippen molar-refractivity contribution in [3.05, 3.63) is 54.6 Å². The topological polar surface area (TPSA) is 24.4 Å². The highest BCUT2D eigenvalue weighted by Gasteiger charge is 2.13. The quantitative estimate of drug-likeness (QED) is 0.822. The Kier molecular flexibility index (Phi) is 3.88. The van der Waals surface area contributed by atoms with Gasteiger partial charge in [0, 0.05) is 25.1 Å². The lowest BCUT2D eigenvalue weighted by atomic mass is 10.3. The molecule has 18 heavy (non-hydrogen) atoms. The molecule has 1 N–H and O–H groups in total. The Morgan fingerprint density at radius 3 is 2.17 bits per heavy atom. The second-order valence-corrected chi connectivity index (χ2v) is 8.07. The summed E-state index contributed by atoms with van der Waals surface area (Å²) in [7, 11) is 0.451. The normalized spacial score (nSPS) is 11.1. The van der Waals surface area contributed by atoms with Gasteiger partial charge in [-0.2, -0.15) is 0 Å². The van der Waals surface area contributed by atoms with Crippen LogP contribution in [-0.4, -0.2) is 20.4 Å². The molecule has 0 spiro atoms. The maximum Gasteiger partial charge on any atom is 0.0617 e. The molecule has 3 heteroatoms. The molecule has 0 aromatic heterocycles. The number of para-hydroxylation sites is 1. The van der Waals surface area contributed by atoms with Crippen LogP contribution in [0.4, 0.5) is 11.4 Å². The molecule has 0 atom stereocenters. The van der Waals surface area contributed by atoms with Crippen molar-refractivity contribution in [1.29, 1.82) is 0 Å². The molecular weight excluding hydrogens is 239 g/mol. The van der Waals surface area contributed by atoms with Gasteiger partial charge in [-0.05, 0) is 31.5 Å². The summed E-state index contributed by atoms with van der Waals surface area (Å²) < 4.78 is 4.94. The Morgan fingerprint density at radius 1 is 0.889 bits per heavy atom.